The summed E-state index contributed by atoms with van der Waals surface area (Å²) in [7, 11) is 1.62. The zero-order chi connectivity index (χ0) is 23.2. The first-order chi connectivity index (χ1) is 16.0. The smallest absolute Gasteiger partial charge is 0.234 e. The zero-order valence-corrected chi connectivity index (χ0v) is 19.6. The van der Waals surface area contributed by atoms with Crippen LogP contribution in [0.2, 0.25) is 5.02 Å². The Balaban J connectivity index is 1.36. The molecule has 1 aromatic heterocycles. The van der Waals surface area contributed by atoms with Gasteiger partial charge in [0.15, 0.2) is 5.16 Å². The number of hydrogen-bond donors (Lipinski definition) is 1. The van der Waals surface area contributed by atoms with Crippen LogP contribution in [0.15, 0.2) is 78.0 Å². The van der Waals surface area contributed by atoms with Gasteiger partial charge in [-0.1, -0.05) is 35.5 Å². The molecular formula is C24H21ClN4O3S. The molecule has 33 heavy (non-hydrogen) atoms. The molecule has 4 aromatic rings. The average Bonchev–Trinajstić information content (AvgIpc) is 3.20. The van der Waals surface area contributed by atoms with Crippen LogP contribution >= 0.6 is 23.4 Å². The number of aromatic nitrogens is 3. The van der Waals surface area contributed by atoms with Gasteiger partial charge in [-0.15, -0.1) is 10.2 Å². The number of nitrogens with one attached hydrogen (secondary N) is 1. The number of aryl methyl sites for hydroxylation is 1. The zero-order valence-electron chi connectivity index (χ0n) is 18.0. The largest absolute Gasteiger partial charge is 0.497 e. The number of carbonyl (C=O) groups excluding carboxylic acids is 1. The van der Waals surface area contributed by atoms with Gasteiger partial charge in [0.1, 0.15) is 23.1 Å². The van der Waals surface area contributed by atoms with Crippen molar-refractivity contribution in [3.63, 3.8) is 0 Å². The predicted octanol–water partition coefficient (Wildman–Crippen LogP) is 5.76. The average molecular weight is 481 g/mol. The number of methoxy groups -OCH3 is 1. The minimum Gasteiger partial charge on any atom is -0.497 e. The molecule has 0 radical (unpaired) electrons. The number of rotatable bonds is 8. The second-order valence-corrected chi connectivity index (χ2v) is 8.31. The summed E-state index contributed by atoms with van der Waals surface area (Å²) < 4.78 is 12.9. The molecule has 0 atom stereocenters. The van der Waals surface area contributed by atoms with Gasteiger partial charge in [-0.3, -0.25) is 9.36 Å². The molecule has 0 fully saturated rings. The van der Waals surface area contributed by atoms with E-state index in [1.54, 1.807) is 43.5 Å². The molecule has 9 heteroatoms. The van der Waals surface area contributed by atoms with Crippen molar-refractivity contribution in [1.82, 2.24) is 14.8 Å². The molecule has 0 aliphatic heterocycles. The van der Waals surface area contributed by atoms with E-state index in [-0.39, 0.29) is 11.7 Å². The molecule has 3 aromatic carbocycles. The molecule has 0 spiro atoms. The van der Waals surface area contributed by atoms with Gasteiger partial charge in [-0.05, 0) is 67.6 Å². The predicted molar refractivity (Wildman–Crippen MR) is 130 cm³/mol. The topological polar surface area (TPSA) is 78.3 Å². The molecule has 0 aliphatic rings. The van der Waals surface area contributed by atoms with Gasteiger partial charge in [-0.25, -0.2) is 0 Å². The standard InChI is InChI=1S/C24H21ClN4O3S/c1-16-27-28-24(29(16)18-9-13-19(31-2)14-10-18)33-15-23(30)26-17-7-11-20(12-8-17)32-22-6-4-3-5-21(22)25/h3-14H,15H2,1-2H3,(H,26,30). The maximum atomic E-state index is 12.5. The summed E-state index contributed by atoms with van der Waals surface area (Å²) in [6.07, 6.45) is 0. The van der Waals surface area contributed by atoms with Crippen molar-refractivity contribution in [3.05, 3.63) is 83.6 Å². The Morgan fingerprint density at radius 1 is 1.00 bits per heavy atom. The Morgan fingerprint density at radius 3 is 2.39 bits per heavy atom. The summed E-state index contributed by atoms with van der Waals surface area (Å²) in [5.41, 5.74) is 1.57. The summed E-state index contributed by atoms with van der Waals surface area (Å²) in [5.74, 6) is 2.73. The Bertz CT molecular complexity index is 1240. The molecule has 1 N–H and O–H groups in total. The maximum absolute atomic E-state index is 12.5. The number of para-hydroxylation sites is 1. The van der Waals surface area contributed by atoms with Crippen LogP contribution in [-0.2, 0) is 4.79 Å². The minimum absolute atomic E-state index is 0.151. The maximum Gasteiger partial charge on any atom is 0.234 e. The quantitative estimate of drug-likeness (QED) is 0.323. The fourth-order valence-electron chi connectivity index (χ4n) is 3.05. The Labute approximate surface area is 200 Å². The van der Waals surface area contributed by atoms with Crippen LogP contribution in [0.4, 0.5) is 5.69 Å². The van der Waals surface area contributed by atoms with E-state index in [0.29, 0.717) is 27.4 Å². The number of amides is 1. The van der Waals surface area contributed by atoms with Gasteiger partial charge in [-0.2, -0.15) is 0 Å². The van der Waals surface area contributed by atoms with E-state index < -0.39 is 0 Å². The molecule has 0 bridgehead atoms. The highest BCUT2D eigenvalue weighted by atomic mass is 35.5. The van der Waals surface area contributed by atoms with E-state index in [1.807, 2.05) is 47.9 Å². The van der Waals surface area contributed by atoms with Gasteiger partial charge in [0, 0.05) is 11.4 Å². The van der Waals surface area contributed by atoms with Crippen LogP contribution in [-0.4, -0.2) is 33.5 Å². The lowest BCUT2D eigenvalue weighted by Crippen LogP contribution is -2.14. The van der Waals surface area contributed by atoms with Crippen LogP contribution in [0.3, 0.4) is 0 Å². The number of carbonyl (C=O) groups is 1. The Morgan fingerprint density at radius 2 is 1.70 bits per heavy atom. The Hall–Kier alpha value is -3.49. The van der Waals surface area contributed by atoms with Gasteiger partial charge in [0.25, 0.3) is 0 Å². The molecule has 1 heterocycles. The molecule has 0 aliphatic carbocycles. The number of benzene rings is 3. The number of thioether (sulfide) groups is 1. The van der Waals surface area contributed by atoms with Crippen LogP contribution in [0.25, 0.3) is 5.69 Å². The first-order valence-electron chi connectivity index (χ1n) is 10.0. The number of halogens is 1. The number of nitrogens with zero attached hydrogens (tertiary/aromatic N) is 3. The first kappa shape index (κ1) is 22.7. The number of hydrogen-bond acceptors (Lipinski definition) is 6. The summed E-state index contributed by atoms with van der Waals surface area (Å²) in [6.45, 7) is 1.87. The van der Waals surface area contributed by atoms with Crippen LogP contribution in [0, 0.1) is 6.92 Å². The number of anilines is 1. The van der Waals surface area contributed by atoms with Crippen molar-refractivity contribution in [2.45, 2.75) is 12.1 Å². The minimum atomic E-state index is -0.151. The van der Waals surface area contributed by atoms with Crippen molar-refractivity contribution < 1.29 is 14.3 Å². The van der Waals surface area contributed by atoms with Crippen molar-refractivity contribution >= 4 is 35.0 Å². The third-order valence-corrected chi connectivity index (χ3v) is 5.90. The van der Waals surface area contributed by atoms with E-state index in [1.165, 1.54) is 11.8 Å². The molecule has 1 amide bonds. The third-order valence-electron chi connectivity index (χ3n) is 4.66. The summed E-state index contributed by atoms with van der Waals surface area (Å²) in [4.78, 5) is 12.5. The fourth-order valence-corrected chi connectivity index (χ4v) is 4.02. The second-order valence-electron chi connectivity index (χ2n) is 6.96. The lowest BCUT2D eigenvalue weighted by molar-refractivity contribution is -0.113. The third kappa shape index (κ3) is 5.66. The lowest BCUT2D eigenvalue weighted by atomic mass is 10.3. The highest BCUT2D eigenvalue weighted by molar-refractivity contribution is 7.99. The SMILES string of the molecule is COc1ccc(-n2c(C)nnc2SCC(=O)Nc2ccc(Oc3ccccc3Cl)cc2)cc1. The highest BCUT2D eigenvalue weighted by Crippen LogP contribution is 2.29. The van der Waals surface area contributed by atoms with E-state index in [0.717, 1.165) is 17.3 Å². The number of ether oxygens (including phenoxy) is 2. The second kappa shape index (κ2) is 10.4. The summed E-state index contributed by atoms with van der Waals surface area (Å²) in [6, 6.07) is 21.9. The molecule has 0 unspecified atom stereocenters. The van der Waals surface area contributed by atoms with Crippen LogP contribution in [0.1, 0.15) is 5.82 Å². The van der Waals surface area contributed by atoms with Crippen molar-refractivity contribution in [2.24, 2.45) is 0 Å². The van der Waals surface area contributed by atoms with Crippen molar-refractivity contribution in [1.29, 1.82) is 0 Å². The van der Waals surface area contributed by atoms with Crippen LogP contribution in [0.5, 0.6) is 17.2 Å². The fraction of sp³-hybridized carbons (Fsp3) is 0.125. The van der Waals surface area contributed by atoms with E-state index in [9.17, 15) is 4.79 Å². The summed E-state index contributed by atoms with van der Waals surface area (Å²) >= 11 is 7.44. The lowest BCUT2D eigenvalue weighted by Gasteiger charge is -2.10. The van der Waals surface area contributed by atoms with Gasteiger partial charge >= 0.3 is 0 Å². The monoisotopic (exact) mass is 480 g/mol. The first-order valence-corrected chi connectivity index (χ1v) is 11.4. The van der Waals surface area contributed by atoms with Gasteiger partial charge < -0.3 is 14.8 Å². The molecule has 4 rings (SSSR count). The van der Waals surface area contributed by atoms with Crippen molar-refractivity contribution in [3.8, 4) is 22.9 Å². The van der Waals surface area contributed by atoms with Gasteiger partial charge in [0.2, 0.25) is 5.91 Å². The Kier molecular flexibility index (Phi) is 7.16. The van der Waals surface area contributed by atoms with E-state index in [4.69, 9.17) is 21.1 Å². The van der Waals surface area contributed by atoms with Crippen LogP contribution < -0.4 is 14.8 Å². The highest BCUT2D eigenvalue weighted by Gasteiger charge is 2.14. The molecular weight excluding hydrogens is 460 g/mol. The molecule has 168 valence electrons. The molecule has 7 nitrogen and oxygen atoms in total. The van der Waals surface area contributed by atoms with E-state index in [2.05, 4.69) is 15.5 Å². The van der Waals surface area contributed by atoms with Gasteiger partial charge in [0.05, 0.1) is 17.9 Å². The summed E-state index contributed by atoms with van der Waals surface area (Å²) in [5, 5.41) is 12.4. The van der Waals surface area contributed by atoms with E-state index >= 15 is 0 Å². The van der Waals surface area contributed by atoms with Crippen molar-refractivity contribution in [2.75, 3.05) is 18.2 Å². The molecule has 0 saturated carbocycles. The molecule has 0 saturated heterocycles. The normalized spacial score (nSPS) is 10.6.